The standard InChI is InChI=1S/C16H15FN2S/c1-11(12-6-8-13(17)9-7-12)19-15-4-3-5-16(20-2)14(15)10-18/h3-9,11,19H,1-2H3. The maximum absolute atomic E-state index is 12.9. The van der Waals surface area contributed by atoms with Gasteiger partial charge in [-0.2, -0.15) is 5.26 Å². The molecule has 0 aliphatic heterocycles. The molecule has 1 N–H and O–H groups in total. The number of nitrogens with one attached hydrogen (secondary N) is 1. The van der Waals surface area contributed by atoms with Gasteiger partial charge >= 0.3 is 0 Å². The van der Waals surface area contributed by atoms with E-state index in [1.807, 2.05) is 31.4 Å². The van der Waals surface area contributed by atoms with Gasteiger partial charge in [0.05, 0.1) is 11.3 Å². The first kappa shape index (κ1) is 14.4. The first-order valence-electron chi connectivity index (χ1n) is 6.25. The van der Waals surface area contributed by atoms with Crippen LogP contribution in [0.3, 0.4) is 0 Å². The molecule has 0 radical (unpaired) electrons. The minimum atomic E-state index is -0.247. The van der Waals surface area contributed by atoms with Gasteiger partial charge in [-0.1, -0.05) is 18.2 Å². The zero-order chi connectivity index (χ0) is 14.5. The molecular weight excluding hydrogens is 271 g/mol. The van der Waals surface area contributed by atoms with E-state index in [1.165, 1.54) is 12.1 Å². The third kappa shape index (κ3) is 3.12. The molecule has 1 atom stereocenters. The number of hydrogen-bond donors (Lipinski definition) is 1. The molecular formula is C16H15FN2S. The number of anilines is 1. The second kappa shape index (κ2) is 6.44. The number of halogens is 1. The quantitative estimate of drug-likeness (QED) is 0.835. The van der Waals surface area contributed by atoms with Gasteiger partial charge in [0.25, 0.3) is 0 Å². The zero-order valence-electron chi connectivity index (χ0n) is 11.4. The molecule has 0 aliphatic carbocycles. The van der Waals surface area contributed by atoms with Gasteiger partial charge in [0.2, 0.25) is 0 Å². The molecule has 1 unspecified atom stereocenters. The lowest BCUT2D eigenvalue weighted by Gasteiger charge is -2.17. The van der Waals surface area contributed by atoms with Crippen LogP contribution in [-0.4, -0.2) is 6.26 Å². The van der Waals surface area contributed by atoms with E-state index in [0.717, 1.165) is 16.1 Å². The summed E-state index contributed by atoms with van der Waals surface area (Å²) in [5, 5.41) is 12.6. The molecule has 0 heterocycles. The Kier molecular flexibility index (Phi) is 4.65. The van der Waals surface area contributed by atoms with Crippen LogP contribution in [0.2, 0.25) is 0 Å². The summed E-state index contributed by atoms with van der Waals surface area (Å²) >= 11 is 1.55. The lowest BCUT2D eigenvalue weighted by Crippen LogP contribution is -2.08. The minimum absolute atomic E-state index is 0.000180. The SMILES string of the molecule is CSc1cccc(NC(C)c2ccc(F)cc2)c1C#N. The number of rotatable bonds is 4. The second-order valence-electron chi connectivity index (χ2n) is 4.41. The van der Waals surface area contributed by atoms with Gasteiger partial charge in [-0.25, -0.2) is 4.39 Å². The average molecular weight is 286 g/mol. The van der Waals surface area contributed by atoms with Gasteiger partial charge in [-0.15, -0.1) is 11.8 Å². The molecule has 0 bridgehead atoms. The van der Waals surface area contributed by atoms with E-state index in [9.17, 15) is 9.65 Å². The van der Waals surface area contributed by atoms with E-state index >= 15 is 0 Å². The van der Waals surface area contributed by atoms with Crippen LogP contribution in [0.15, 0.2) is 47.4 Å². The summed E-state index contributed by atoms with van der Waals surface area (Å²) in [5.74, 6) is -0.247. The number of thioether (sulfide) groups is 1. The predicted octanol–water partition coefficient (Wildman–Crippen LogP) is 4.59. The topological polar surface area (TPSA) is 35.8 Å². The summed E-state index contributed by atoms with van der Waals surface area (Å²) in [4.78, 5) is 0.948. The van der Waals surface area contributed by atoms with E-state index in [-0.39, 0.29) is 11.9 Å². The Hall–Kier alpha value is -1.99. The molecule has 4 heteroatoms. The summed E-state index contributed by atoms with van der Waals surface area (Å²) in [6, 6.07) is 14.4. The summed E-state index contributed by atoms with van der Waals surface area (Å²) in [7, 11) is 0. The van der Waals surface area contributed by atoms with Gasteiger partial charge in [0.1, 0.15) is 11.9 Å². The highest BCUT2D eigenvalue weighted by atomic mass is 32.2. The molecule has 2 nitrogen and oxygen atoms in total. The van der Waals surface area contributed by atoms with Crippen LogP contribution in [0.1, 0.15) is 24.1 Å². The van der Waals surface area contributed by atoms with Crippen LogP contribution in [0.5, 0.6) is 0 Å². The monoisotopic (exact) mass is 286 g/mol. The lowest BCUT2D eigenvalue weighted by molar-refractivity contribution is 0.626. The van der Waals surface area contributed by atoms with Crippen LogP contribution in [-0.2, 0) is 0 Å². The number of nitrogens with zero attached hydrogens (tertiary/aromatic N) is 1. The molecule has 0 spiro atoms. The Morgan fingerprint density at radius 3 is 2.50 bits per heavy atom. The van der Waals surface area contributed by atoms with Crippen molar-refractivity contribution in [3.05, 3.63) is 59.4 Å². The van der Waals surface area contributed by atoms with Crippen LogP contribution in [0.4, 0.5) is 10.1 Å². The van der Waals surface area contributed by atoms with Crippen LogP contribution in [0.25, 0.3) is 0 Å². The third-order valence-corrected chi connectivity index (χ3v) is 3.88. The van der Waals surface area contributed by atoms with Crippen LogP contribution < -0.4 is 5.32 Å². The Labute approximate surface area is 122 Å². The van der Waals surface area contributed by atoms with Crippen LogP contribution in [0, 0.1) is 17.1 Å². The maximum Gasteiger partial charge on any atom is 0.123 e. The summed E-state index contributed by atoms with van der Waals surface area (Å²) in [6.45, 7) is 1.99. The molecule has 0 aromatic heterocycles. The van der Waals surface area contributed by atoms with Gasteiger partial charge in [0, 0.05) is 10.9 Å². The fourth-order valence-corrected chi connectivity index (χ4v) is 2.58. The molecule has 2 rings (SSSR count). The molecule has 0 saturated heterocycles. The third-order valence-electron chi connectivity index (χ3n) is 3.10. The summed E-state index contributed by atoms with van der Waals surface area (Å²) < 4.78 is 12.9. The number of benzene rings is 2. The van der Waals surface area contributed by atoms with Crippen molar-refractivity contribution >= 4 is 17.4 Å². The first-order chi connectivity index (χ1) is 9.65. The smallest absolute Gasteiger partial charge is 0.123 e. The van der Waals surface area contributed by atoms with Crippen molar-refractivity contribution < 1.29 is 4.39 Å². The molecule has 2 aromatic rings. The van der Waals surface area contributed by atoms with Gasteiger partial charge < -0.3 is 5.32 Å². The Morgan fingerprint density at radius 1 is 1.20 bits per heavy atom. The molecule has 102 valence electrons. The number of hydrogen-bond acceptors (Lipinski definition) is 3. The minimum Gasteiger partial charge on any atom is -0.377 e. The summed E-state index contributed by atoms with van der Waals surface area (Å²) in [6.07, 6.45) is 1.95. The van der Waals surface area contributed by atoms with Gasteiger partial charge in [0.15, 0.2) is 0 Å². The molecule has 0 aliphatic rings. The molecule has 0 fully saturated rings. The predicted molar refractivity (Wildman–Crippen MR) is 81.4 cm³/mol. The highest BCUT2D eigenvalue weighted by Crippen LogP contribution is 2.29. The van der Waals surface area contributed by atoms with Crippen molar-refractivity contribution in [3.8, 4) is 6.07 Å². The largest absolute Gasteiger partial charge is 0.377 e. The van der Waals surface area contributed by atoms with E-state index < -0.39 is 0 Å². The molecule has 0 saturated carbocycles. The van der Waals surface area contributed by atoms with E-state index in [4.69, 9.17) is 0 Å². The van der Waals surface area contributed by atoms with Crippen molar-refractivity contribution in [1.29, 1.82) is 5.26 Å². The molecule has 2 aromatic carbocycles. The van der Waals surface area contributed by atoms with Gasteiger partial charge in [-0.05, 0) is 43.0 Å². The van der Waals surface area contributed by atoms with Crippen molar-refractivity contribution in [1.82, 2.24) is 0 Å². The van der Waals surface area contributed by atoms with E-state index in [0.29, 0.717) is 5.56 Å². The fourth-order valence-electron chi connectivity index (χ4n) is 2.00. The molecule has 20 heavy (non-hydrogen) atoms. The Balaban J connectivity index is 2.26. The van der Waals surface area contributed by atoms with Gasteiger partial charge in [-0.3, -0.25) is 0 Å². The highest BCUT2D eigenvalue weighted by Gasteiger charge is 2.11. The average Bonchev–Trinajstić information content (AvgIpc) is 2.47. The fraction of sp³-hybridized carbons (Fsp3) is 0.188. The second-order valence-corrected chi connectivity index (χ2v) is 5.26. The lowest BCUT2D eigenvalue weighted by atomic mass is 10.1. The van der Waals surface area contributed by atoms with Crippen molar-refractivity contribution in [3.63, 3.8) is 0 Å². The Bertz CT molecular complexity index is 632. The maximum atomic E-state index is 12.9. The Morgan fingerprint density at radius 2 is 1.90 bits per heavy atom. The first-order valence-corrected chi connectivity index (χ1v) is 7.47. The van der Waals surface area contributed by atoms with Crippen molar-refractivity contribution in [2.24, 2.45) is 0 Å². The zero-order valence-corrected chi connectivity index (χ0v) is 12.2. The molecule has 0 amide bonds. The van der Waals surface area contributed by atoms with Crippen LogP contribution >= 0.6 is 11.8 Å². The number of nitriles is 1. The normalized spacial score (nSPS) is 11.7. The van der Waals surface area contributed by atoms with E-state index in [2.05, 4.69) is 11.4 Å². The highest BCUT2D eigenvalue weighted by molar-refractivity contribution is 7.98. The summed E-state index contributed by atoms with van der Waals surface area (Å²) in [5.41, 5.74) is 2.43. The van der Waals surface area contributed by atoms with Crippen molar-refractivity contribution in [2.45, 2.75) is 17.9 Å². The van der Waals surface area contributed by atoms with Crippen molar-refractivity contribution in [2.75, 3.05) is 11.6 Å². The van der Waals surface area contributed by atoms with E-state index in [1.54, 1.807) is 23.9 Å².